The Morgan fingerprint density at radius 3 is 2.39 bits per heavy atom. The van der Waals surface area contributed by atoms with Crippen LogP contribution in [-0.2, 0) is 4.79 Å². The second kappa shape index (κ2) is 6.44. The Bertz CT molecular complexity index is 623. The number of aliphatic carboxylic acids is 1. The largest absolute Gasteiger partial charge is 0.496 e. The van der Waals surface area contributed by atoms with Gasteiger partial charge in [0.05, 0.1) is 24.2 Å². The Morgan fingerprint density at radius 1 is 1.30 bits per heavy atom. The number of carboxylic acids is 1. The Morgan fingerprint density at radius 2 is 1.91 bits per heavy atom. The molecule has 1 saturated carbocycles. The second-order valence-corrected chi connectivity index (χ2v) is 6.03. The first-order chi connectivity index (χ1) is 10.8. The number of carbonyl (C=O) groups is 2. The fraction of sp³-hybridized carbons (Fsp3) is 0.500. The molecular formula is C16H20FNO5. The summed E-state index contributed by atoms with van der Waals surface area (Å²) >= 11 is 0. The van der Waals surface area contributed by atoms with Crippen LogP contribution in [0.5, 0.6) is 11.5 Å². The summed E-state index contributed by atoms with van der Waals surface area (Å²) in [5.41, 5.74) is 4.52. The van der Waals surface area contributed by atoms with Crippen LogP contribution in [-0.4, -0.2) is 30.2 Å². The van der Waals surface area contributed by atoms with Crippen LogP contribution in [0.3, 0.4) is 0 Å². The van der Waals surface area contributed by atoms with Gasteiger partial charge in [0.15, 0.2) is 11.6 Å². The van der Waals surface area contributed by atoms with Crippen LogP contribution in [0.2, 0.25) is 0 Å². The third kappa shape index (κ3) is 3.55. The minimum Gasteiger partial charge on any atom is -0.496 e. The van der Waals surface area contributed by atoms with E-state index < -0.39 is 23.1 Å². The monoisotopic (exact) mass is 325 g/mol. The molecule has 0 radical (unpaired) electrons. The van der Waals surface area contributed by atoms with Crippen molar-refractivity contribution in [1.29, 1.82) is 0 Å². The number of hydrogen-bond donors (Lipinski definition) is 2. The molecule has 23 heavy (non-hydrogen) atoms. The normalized spacial score (nSPS) is 24.0. The molecule has 3 N–H and O–H groups in total. The van der Waals surface area contributed by atoms with E-state index in [1.54, 1.807) is 6.92 Å². The van der Waals surface area contributed by atoms with Gasteiger partial charge in [-0.15, -0.1) is 0 Å². The van der Waals surface area contributed by atoms with Crippen molar-refractivity contribution in [1.82, 2.24) is 0 Å². The van der Waals surface area contributed by atoms with Crippen molar-refractivity contribution < 1.29 is 28.6 Å². The SMILES string of the molecule is COc1cc(F)c(O[C@H]2CC[C@@](C)(C(=O)O)CC2)cc1C(N)=O. The number of benzene rings is 1. The molecule has 0 aliphatic heterocycles. The molecule has 126 valence electrons. The van der Waals surface area contributed by atoms with Crippen molar-refractivity contribution in [3.8, 4) is 11.5 Å². The molecule has 1 aliphatic rings. The summed E-state index contributed by atoms with van der Waals surface area (Å²) in [5, 5.41) is 9.21. The van der Waals surface area contributed by atoms with Crippen LogP contribution in [0.15, 0.2) is 12.1 Å². The van der Waals surface area contributed by atoms with Gasteiger partial charge in [-0.3, -0.25) is 9.59 Å². The van der Waals surface area contributed by atoms with E-state index in [0.717, 1.165) is 6.07 Å². The molecule has 1 aromatic carbocycles. The Hall–Kier alpha value is -2.31. The molecule has 1 aromatic rings. The summed E-state index contributed by atoms with van der Waals surface area (Å²) in [4.78, 5) is 22.6. The summed E-state index contributed by atoms with van der Waals surface area (Å²) in [6.45, 7) is 1.70. The van der Waals surface area contributed by atoms with Gasteiger partial charge in [0.25, 0.3) is 5.91 Å². The number of methoxy groups -OCH3 is 1. The first-order valence-corrected chi connectivity index (χ1v) is 7.34. The highest BCUT2D eigenvalue weighted by Crippen LogP contribution is 2.38. The highest BCUT2D eigenvalue weighted by Gasteiger charge is 2.38. The van der Waals surface area contributed by atoms with Crippen molar-refractivity contribution in [2.45, 2.75) is 38.7 Å². The molecule has 1 fully saturated rings. The summed E-state index contributed by atoms with van der Waals surface area (Å²) in [6.07, 6.45) is 1.60. The zero-order valence-electron chi connectivity index (χ0n) is 13.1. The van der Waals surface area contributed by atoms with E-state index in [0.29, 0.717) is 25.7 Å². The molecule has 1 aliphatic carbocycles. The average Bonchev–Trinajstić information content (AvgIpc) is 2.50. The van der Waals surface area contributed by atoms with Crippen molar-refractivity contribution in [3.63, 3.8) is 0 Å². The molecule has 0 spiro atoms. The lowest BCUT2D eigenvalue weighted by atomic mass is 9.75. The van der Waals surface area contributed by atoms with Gasteiger partial charge < -0.3 is 20.3 Å². The van der Waals surface area contributed by atoms with Gasteiger partial charge >= 0.3 is 5.97 Å². The zero-order valence-corrected chi connectivity index (χ0v) is 13.1. The number of carbonyl (C=O) groups excluding carboxylic acids is 1. The van der Waals surface area contributed by atoms with E-state index in [4.69, 9.17) is 15.2 Å². The summed E-state index contributed by atoms with van der Waals surface area (Å²) in [6, 6.07) is 2.28. The molecule has 0 heterocycles. The van der Waals surface area contributed by atoms with E-state index in [1.165, 1.54) is 13.2 Å². The summed E-state index contributed by atoms with van der Waals surface area (Å²) in [5.74, 6) is -2.26. The minimum absolute atomic E-state index is 0.0371. The van der Waals surface area contributed by atoms with Gasteiger partial charge in [0, 0.05) is 6.07 Å². The smallest absolute Gasteiger partial charge is 0.309 e. The topological polar surface area (TPSA) is 98.8 Å². The molecule has 7 heteroatoms. The third-order valence-corrected chi connectivity index (χ3v) is 4.37. The number of hydrogen-bond acceptors (Lipinski definition) is 4. The van der Waals surface area contributed by atoms with E-state index in [1.807, 2.05) is 0 Å². The molecule has 0 saturated heterocycles. The predicted octanol–water partition coefficient (Wildman–Crippen LogP) is 2.35. The number of ether oxygens (including phenoxy) is 2. The Kier molecular flexibility index (Phi) is 4.77. The molecule has 2 rings (SSSR count). The Labute approximate surface area is 133 Å². The van der Waals surface area contributed by atoms with Crippen LogP contribution in [0, 0.1) is 11.2 Å². The van der Waals surface area contributed by atoms with Gasteiger partial charge in [-0.05, 0) is 38.7 Å². The van der Waals surface area contributed by atoms with Gasteiger partial charge in [-0.2, -0.15) is 0 Å². The highest BCUT2D eigenvalue weighted by molar-refractivity contribution is 5.96. The van der Waals surface area contributed by atoms with Crippen molar-refractivity contribution in [3.05, 3.63) is 23.5 Å². The highest BCUT2D eigenvalue weighted by atomic mass is 19.1. The maximum absolute atomic E-state index is 14.1. The molecule has 0 bridgehead atoms. The van der Waals surface area contributed by atoms with E-state index in [9.17, 15) is 19.1 Å². The fourth-order valence-electron chi connectivity index (χ4n) is 2.73. The number of halogens is 1. The maximum atomic E-state index is 14.1. The molecular weight excluding hydrogens is 305 g/mol. The van der Waals surface area contributed by atoms with E-state index in [2.05, 4.69) is 0 Å². The van der Waals surface area contributed by atoms with Crippen LogP contribution in [0.4, 0.5) is 4.39 Å². The number of carboxylic acid groups (broad SMARTS) is 1. The quantitative estimate of drug-likeness (QED) is 0.866. The molecule has 6 nitrogen and oxygen atoms in total. The van der Waals surface area contributed by atoms with Crippen molar-refractivity contribution in [2.24, 2.45) is 11.1 Å². The van der Waals surface area contributed by atoms with Gasteiger partial charge in [0.1, 0.15) is 5.75 Å². The summed E-state index contributed by atoms with van der Waals surface area (Å²) < 4.78 is 24.6. The molecule has 1 amide bonds. The molecule has 0 aromatic heterocycles. The molecule has 0 atom stereocenters. The van der Waals surface area contributed by atoms with E-state index >= 15 is 0 Å². The number of amides is 1. The number of nitrogens with two attached hydrogens (primary N) is 1. The lowest BCUT2D eigenvalue weighted by Gasteiger charge is -2.34. The standard InChI is InChI=1S/C16H20FNO5/c1-16(15(20)21)5-3-9(4-6-16)23-13-7-10(14(18)19)12(22-2)8-11(13)17/h7-9H,3-6H2,1-2H3,(H2,18,19)(H,20,21)/t9-,16+. The van der Waals surface area contributed by atoms with E-state index in [-0.39, 0.29) is 23.2 Å². The predicted molar refractivity (Wildman–Crippen MR) is 80.1 cm³/mol. The van der Waals surface area contributed by atoms with Gasteiger partial charge in [-0.1, -0.05) is 0 Å². The zero-order chi connectivity index (χ0) is 17.2. The number of rotatable bonds is 5. The maximum Gasteiger partial charge on any atom is 0.309 e. The van der Waals surface area contributed by atoms with Crippen LogP contribution < -0.4 is 15.2 Å². The van der Waals surface area contributed by atoms with Crippen LogP contribution >= 0.6 is 0 Å². The molecule has 0 unspecified atom stereocenters. The second-order valence-electron chi connectivity index (χ2n) is 6.03. The van der Waals surface area contributed by atoms with Gasteiger partial charge in [0.2, 0.25) is 0 Å². The lowest BCUT2D eigenvalue weighted by molar-refractivity contribution is -0.150. The Balaban J connectivity index is 2.14. The van der Waals surface area contributed by atoms with Crippen LogP contribution in [0.25, 0.3) is 0 Å². The van der Waals surface area contributed by atoms with Crippen molar-refractivity contribution >= 4 is 11.9 Å². The fourth-order valence-corrected chi connectivity index (χ4v) is 2.73. The first kappa shape index (κ1) is 17.1. The number of primary amides is 1. The average molecular weight is 325 g/mol. The first-order valence-electron chi connectivity index (χ1n) is 7.34. The van der Waals surface area contributed by atoms with Gasteiger partial charge in [-0.25, -0.2) is 4.39 Å². The minimum atomic E-state index is -0.831. The third-order valence-electron chi connectivity index (χ3n) is 4.37. The summed E-state index contributed by atoms with van der Waals surface area (Å²) in [7, 11) is 1.32. The van der Waals surface area contributed by atoms with Crippen molar-refractivity contribution in [2.75, 3.05) is 7.11 Å². The lowest BCUT2D eigenvalue weighted by Crippen LogP contribution is -2.36. The van der Waals surface area contributed by atoms with Crippen LogP contribution in [0.1, 0.15) is 43.0 Å².